The number of hydrogen-bond acceptors (Lipinski definition) is 1. The van der Waals surface area contributed by atoms with Gasteiger partial charge in [-0.15, -0.1) is 0 Å². The van der Waals surface area contributed by atoms with Crippen molar-refractivity contribution in [2.24, 2.45) is 0 Å². The summed E-state index contributed by atoms with van der Waals surface area (Å²) in [6.07, 6.45) is 1.71. The first kappa shape index (κ1) is 12.0. The first-order valence-corrected chi connectivity index (χ1v) is 7.04. The Labute approximate surface area is 123 Å². The molecular weight excluding hydrogens is 256 g/mol. The van der Waals surface area contributed by atoms with Crippen molar-refractivity contribution in [1.82, 2.24) is 0 Å². The average molecular weight is 270 g/mol. The van der Waals surface area contributed by atoms with Gasteiger partial charge in [-0.2, -0.15) is 0 Å². The van der Waals surface area contributed by atoms with Gasteiger partial charge in [0.1, 0.15) is 5.76 Å². The van der Waals surface area contributed by atoms with Gasteiger partial charge in [-0.3, -0.25) is 0 Å². The minimum absolute atomic E-state index is 0.902. The Morgan fingerprint density at radius 3 is 2.14 bits per heavy atom. The standard InChI is InChI=1S/C20H14O/c1-2-7-16-14-17(12-11-15(16)6-1)18-8-3-4-9-19(18)20-10-5-13-21-20/h1-14H. The predicted octanol–water partition coefficient (Wildman–Crippen LogP) is 5.77. The van der Waals surface area contributed by atoms with Crippen molar-refractivity contribution < 1.29 is 4.42 Å². The van der Waals surface area contributed by atoms with Crippen molar-refractivity contribution in [2.75, 3.05) is 0 Å². The third-order valence-corrected chi connectivity index (χ3v) is 3.77. The fourth-order valence-corrected chi connectivity index (χ4v) is 2.74. The normalized spacial score (nSPS) is 10.9. The second-order valence-corrected chi connectivity index (χ2v) is 5.08. The minimum Gasteiger partial charge on any atom is -0.464 e. The Balaban J connectivity index is 1.93. The summed E-state index contributed by atoms with van der Waals surface area (Å²) < 4.78 is 5.57. The van der Waals surface area contributed by atoms with Crippen LogP contribution in [0.1, 0.15) is 0 Å². The molecule has 0 bridgehead atoms. The molecule has 3 aromatic carbocycles. The van der Waals surface area contributed by atoms with Crippen LogP contribution in [0.3, 0.4) is 0 Å². The summed E-state index contributed by atoms with van der Waals surface area (Å²) in [4.78, 5) is 0. The topological polar surface area (TPSA) is 13.1 Å². The molecule has 0 aliphatic heterocycles. The lowest BCUT2D eigenvalue weighted by Gasteiger charge is -2.09. The molecule has 4 rings (SSSR count). The highest BCUT2D eigenvalue weighted by atomic mass is 16.3. The second-order valence-electron chi connectivity index (χ2n) is 5.08. The molecule has 0 N–H and O–H groups in total. The minimum atomic E-state index is 0.902. The van der Waals surface area contributed by atoms with Gasteiger partial charge in [-0.1, -0.05) is 60.7 Å². The molecule has 0 aliphatic rings. The van der Waals surface area contributed by atoms with Gasteiger partial charge in [-0.25, -0.2) is 0 Å². The fourth-order valence-electron chi connectivity index (χ4n) is 2.74. The zero-order valence-electron chi connectivity index (χ0n) is 11.5. The van der Waals surface area contributed by atoms with Gasteiger partial charge in [-0.05, 0) is 40.1 Å². The van der Waals surface area contributed by atoms with Crippen LogP contribution in [-0.4, -0.2) is 0 Å². The molecule has 0 radical (unpaired) electrons. The highest BCUT2D eigenvalue weighted by Gasteiger charge is 2.09. The molecule has 4 aromatic rings. The van der Waals surface area contributed by atoms with Crippen molar-refractivity contribution in [3.63, 3.8) is 0 Å². The maximum atomic E-state index is 5.57. The molecular formula is C20H14O. The van der Waals surface area contributed by atoms with E-state index in [1.165, 1.54) is 21.9 Å². The zero-order chi connectivity index (χ0) is 14.1. The molecule has 0 atom stereocenters. The van der Waals surface area contributed by atoms with E-state index >= 15 is 0 Å². The summed E-state index contributed by atoms with van der Waals surface area (Å²) in [7, 11) is 0. The first-order valence-electron chi connectivity index (χ1n) is 7.04. The molecule has 1 aromatic heterocycles. The van der Waals surface area contributed by atoms with Crippen LogP contribution in [0.4, 0.5) is 0 Å². The van der Waals surface area contributed by atoms with Crippen LogP contribution in [0.15, 0.2) is 89.5 Å². The Hall–Kier alpha value is -2.80. The van der Waals surface area contributed by atoms with Crippen LogP contribution in [0.25, 0.3) is 33.2 Å². The molecule has 1 nitrogen and oxygen atoms in total. The molecule has 1 heteroatoms. The average Bonchev–Trinajstić information content (AvgIpc) is 3.09. The smallest absolute Gasteiger partial charge is 0.134 e. The van der Waals surface area contributed by atoms with Gasteiger partial charge in [0.2, 0.25) is 0 Å². The van der Waals surface area contributed by atoms with Crippen LogP contribution in [0, 0.1) is 0 Å². The Morgan fingerprint density at radius 2 is 1.33 bits per heavy atom. The van der Waals surface area contributed by atoms with Crippen LogP contribution >= 0.6 is 0 Å². The molecule has 21 heavy (non-hydrogen) atoms. The lowest BCUT2D eigenvalue weighted by atomic mass is 9.96. The van der Waals surface area contributed by atoms with Crippen molar-refractivity contribution in [3.8, 4) is 22.5 Å². The van der Waals surface area contributed by atoms with E-state index in [4.69, 9.17) is 4.42 Å². The summed E-state index contributed by atoms with van der Waals surface area (Å²) >= 11 is 0. The van der Waals surface area contributed by atoms with E-state index in [2.05, 4.69) is 60.7 Å². The number of furan rings is 1. The number of hydrogen-bond donors (Lipinski definition) is 0. The SMILES string of the molecule is c1coc(-c2ccccc2-c2ccc3ccccc3c2)c1. The monoisotopic (exact) mass is 270 g/mol. The van der Waals surface area contributed by atoms with Crippen molar-refractivity contribution in [3.05, 3.63) is 85.1 Å². The molecule has 0 amide bonds. The van der Waals surface area contributed by atoms with E-state index in [9.17, 15) is 0 Å². The van der Waals surface area contributed by atoms with E-state index in [0.29, 0.717) is 0 Å². The number of benzene rings is 3. The molecule has 1 heterocycles. The highest BCUT2D eigenvalue weighted by Crippen LogP contribution is 2.33. The molecule has 0 aliphatic carbocycles. The Morgan fingerprint density at radius 1 is 0.571 bits per heavy atom. The van der Waals surface area contributed by atoms with Crippen molar-refractivity contribution >= 4 is 10.8 Å². The Bertz CT molecular complexity index is 889. The molecule has 0 saturated heterocycles. The first-order chi connectivity index (χ1) is 10.4. The number of rotatable bonds is 2. The van der Waals surface area contributed by atoms with E-state index < -0.39 is 0 Å². The van der Waals surface area contributed by atoms with E-state index in [0.717, 1.165) is 11.3 Å². The van der Waals surface area contributed by atoms with Crippen LogP contribution in [0.5, 0.6) is 0 Å². The zero-order valence-corrected chi connectivity index (χ0v) is 11.5. The largest absolute Gasteiger partial charge is 0.464 e. The third kappa shape index (κ3) is 2.13. The summed E-state index contributed by atoms with van der Waals surface area (Å²) in [6.45, 7) is 0. The van der Waals surface area contributed by atoms with Crippen LogP contribution in [-0.2, 0) is 0 Å². The fraction of sp³-hybridized carbons (Fsp3) is 0. The molecule has 0 spiro atoms. The summed E-state index contributed by atoms with van der Waals surface area (Å²) in [5.41, 5.74) is 3.52. The highest BCUT2D eigenvalue weighted by molar-refractivity contribution is 5.90. The van der Waals surface area contributed by atoms with Crippen LogP contribution in [0.2, 0.25) is 0 Å². The van der Waals surface area contributed by atoms with Gasteiger partial charge >= 0.3 is 0 Å². The Kier molecular flexibility index (Phi) is 2.82. The predicted molar refractivity (Wildman–Crippen MR) is 87.1 cm³/mol. The maximum Gasteiger partial charge on any atom is 0.134 e. The summed E-state index contributed by atoms with van der Waals surface area (Å²) in [5.74, 6) is 0.902. The van der Waals surface area contributed by atoms with E-state index in [-0.39, 0.29) is 0 Å². The van der Waals surface area contributed by atoms with Crippen LogP contribution < -0.4 is 0 Å². The van der Waals surface area contributed by atoms with Crippen molar-refractivity contribution in [1.29, 1.82) is 0 Å². The summed E-state index contributed by atoms with van der Waals surface area (Å²) in [5, 5.41) is 2.51. The molecule has 0 saturated carbocycles. The van der Waals surface area contributed by atoms with Gasteiger partial charge in [0.25, 0.3) is 0 Å². The summed E-state index contributed by atoms with van der Waals surface area (Å²) in [6, 6.07) is 27.3. The molecule has 0 unspecified atom stereocenters. The molecule has 100 valence electrons. The van der Waals surface area contributed by atoms with Gasteiger partial charge in [0.15, 0.2) is 0 Å². The lowest BCUT2D eigenvalue weighted by Crippen LogP contribution is -1.84. The molecule has 0 fully saturated rings. The second kappa shape index (κ2) is 4.95. The quantitative estimate of drug-likeness (QED) is 0.451. The van der Waals surface area contributed by atoms with Gasteiger partial charge in [0.05, 0.1) is 6.26 Å². The maximum absolute atomic E-state index is 5.57. The van der Waals surface area contributed by atoms with E-state index in [1.807, 2.05) is 18.2 Å². The lowest BCUT2D eigenvalue weighted by molar-refractivity contribution is 0.582. The van der Waals surface area contributed by atoms with Gasteiger partial charge < -0.3 is 4.42 Å². The van der Waals surface area contributed by atoms with Crippen molar-refractivity contribution in [2.45, 2.75) is 0 Å². The third-order valence-electron chi connectivity index (χ3n) is 3.77. The van der Waals surface area contributed by atoms with E-state index in [1.54, 1.807) is 6.26 Å². The van der Waals surface area contributed by atoms with Gasteiger partial charge in [0, 0.05) is 5.56 Å². The number of fused-ring (bicyclic) bond motifs is 1.